The Bertz CT molecular complexity index is 1020. The van der Waals surface area contributed by atoms with E-state index in [1.165, 1.54) is 5.56 Å². The number of aryl methyl sites for hydroxylation is 1. The molecule has 0 aliphatic rings. The molecule has 0 aliphatic heterocycles. The van der Waals surface area contributed by atoms with Crippen LogP contribution in [0, 0.1) is 6.92 Å². The van der Waals surface area contributed by atoms with Crippen molar-refractivity contribution < 1.29 is 9.53 Å². The normalized spacial score (nSPS) is 11.4. The molecule has 0 saturated heterocycles. The van der Waals surface area contributed by atoms with E-state index in [9.17, 15) is 4.79 Å². The van der Waals surface area contributed by atoms with Crippen LogP contribution in [0.5, 0.6) is 5.75 Å². The van der Waals surface area contributed by atoms with Gasteiger partial charge in [0.1, 0.15) is 5.75 Å². The van der Waals surface area contributed by atoms with E-state index in [0.717, 1.165) is 33.7 Å². The molecule has 0 unspecified atom stereocenters. The Balaban J connectivity index is 1.59. The van der Waals surface area contributed by atoms with Gasteiger partial charge in [-0.25, -0.2) is 5.43 Å². The third-order valence-corrected chi connectivity index (χ3v) is 4.91. The SMILES string of the molecule is C/C(=N\NC(=O)COc1cc(C)ccc1C(C)C)c1ccc(-c2ccccc2)cc1. The number of nitrogens with one attached hydrogen (secondary N) is 1. The molecule has 3 aromatic carbocycles. The minimum Gasteiger partial charge on any atom is -0.483 e. The third kappa shape index (κ3) is 5.57. The molecule has 1 amide bonds. The number of rotatable bonds is 7. The molecule has 154 valence electrons. The number of amides is 1. The Kier molecular flexibility index (Phi) is 7.02. The van der Waals surface area contributed by atoms with E-state index in [2.05, 4.69) is 60.8 Å². The molecule has 0 saturated carbocycles. The van der Waals surface area contributed by atoms with E-state index >= 15 is 0 Å². The molecule has 4 heteroatoms. The zero-order chi connectivity index (χ0) is 21.5. The highest BCUT2D eigenvalue weighted by atomic mass is 16.5. The largest absolute Gasteiger partial charge is 0.483 e. The van der Waals surface area contributed by atoms with Crippen molar-refractivity contribution in [1.29, 1.82) is 0 Å². The lowest BCUT2D eigenvalue weighted by molar-refractivity contribution is -0.123. The Morgan fingerprint density at radius 2 is 1.63 bits per heavy atom. The van der Waals surface area contributed by atoms with Gasteiger partial charge < -0.3 is 4.74 Å². The number of carbonyl (C=O) groups is 1. The third-order valence-electron chi connectivity index (χ3n) is 4.91. The lowest BCUT2D eigenvalue weighted by atomic mass is 10.0. The van der Waals surface area contributed by atoms with Crippen molar-refractivity contribution in [3.63, 3.8) is 0 Å². The maximum Gasteiger partial charge on any atom is 0.277 e. The first kappa shape index (κ1) is 21.3. The molecular formula is C26H28N2O2. The summed E-state index contributed by atoms with van der Waals surface area (Å²) < 4.78 is 5.76. The van der Waals surface area contributed by atoms with Crippen molar-refractivity contribution in [1.82, 2.24) is 5.43 Å². The summed E-state index contributed by atoms with van der Waals surface area (Å²) in [5, 5.41) is 4.22. The highest BCUT2D eigenvalue weighted by Crippen LogP contribution is 2.27. The van der Waals surface area contributed by atoms with Crippen LogP contribution in [0.25, 0.3) is 11.1 Å². The summed E-state index contributed by atoms with van der Waals surface area (Å²) in [6.45, 7) is 8.01. The first-order valence-electron chi connectivity index (χ1n) is 10.2. The van der Waals surface area contributed by atoms with Crippen LogP contribution in [-0.4, -0.2) is 18.2 Å². The van der Waals surface area contributed by atoms with Crippen LogP contribution >= 0.6 is 0 Å². The lowest BCUT2D eigenvalue weighted by Gasteiger charge is -2.14. The monoisotopic (exact) mass is 400 g/mol. The second kappa shape index (κ2) is 9.88. The Labute approximate surface area is 178 Å². The minimum absolute atomic E-state index is 0.0765. The van der Waals surface area contributed by atoms with Gasteiger partial charge in [-0.05, 0) is 53.6 Å². The second-order valence-corrected chi connectivity index (χ2v) is 7.66. The molecule has 3 rings (SSSR count). The van der Waals surface area contributed by atoms with Gasteiger partial charge in [-0.3, -0.25) is 4.79 Å². The van der Waals surface area contributed by atoms with Crippen molar-refractivity contribution in [3.8, 4) is 16.9 Å². The number of hydrazone groups is 1. The van der Waals surface area contributed by atoms with Crippen molar-refractivity contribution >= 4 is 11.6 Å². The quantitative estimate of drug-likeness (QED) is 0.408. The molecule has 0 fully saturated rings. The van der Waals surface area contributed by atoms with Crippen LogP contribution < -0.4 is 10.2 Å². The molecule has 0 radical (unpaired) electrons. The maximum atomic E-state index is 12.2. The topological polar surface area (TPSA) is 50.7 Å². The van der Waals surface area contributed by atoms with Crippen molar-refractivity contribution in [2.24, 2.45) is 5.10 Å². The van der Waals surface area contributed by atoms with Gasteiger partial charge >= 0.3 is 0 Å². The smallest absolute Gasteiger partial charge is 0.277 e. The Hall–Kier alpha value is -3.40. The van der Waals surface area contributed by atoms with E-state index in [-0.39, 0.29) is 12.5 Å². The summed E-state index contributed by atoms with van der Waals surface area (Å²) in [6.07, 6.45) is 0. The number of benzene rings is 3. The molecular weight excluding hydrogens is 372 g/mol. The van der Waals surface area contributed by atoms with Crippen LogP contribution in [-0.2, 0) is 4.79 Å². The highest BCUT2D eigenvalue weighted by Gasteiger charge is 2.10. The fourth-order valence-electron chi connectivity index (χ4n) is 3.16. The Morgan fingerprint density at radius 1 is 0.967 bits per heavy atom. The fourth-order valence-corrected chi connectivity index (χ4v) is 3.16. The Morgan fingerprint density at radius 3 is 2.30 bits per heavy atom. The first-order valence-corrected chi connectivity index (χ1v) is 10.2. The van der Waals surface area contributed by atoms with Crippen molar-refractivity contribution in [2.75, 3.05) is 6.61 Å². The molecule has 0 bridgehead atoms. The molecule has 0 spiro atoms. The fraction of sp³-hybridized carbons (Fsp3) is 0.231. The predicted molar refractivity (Wildman–Crippen MR) is 123 cm³/mol. The van der Waals surface area contributed by atoms with Gasteiger partial charge in [-0.15, -0.1) is 0 Å². The van der Waals surface area contributed by atoms with Gasteiger partial charge in [-0.1, -0.05) is 80.6 Å². The number of carbonyl (C=O) groups excluding carboxylic acids is 1. The molecule has 4 nitrogen and oxygen atoms in total. The molecule has 0 atom stereocenters. The van der Waals surface area contributed by atoms with Crippen LogP contribution in [0.4, 0.5) is 0 Å². The van der Waals surface area contributed by atoms with Gasteiger partial charge in [-0.2, -0.15) is 5.10 Å². The van der Waals surface area contributed by atoms with Gasteiger partial charge in [0.2, 0.25) is 0 Å². The molecule has 30 heavy (non-hydrogen) atoms. The number of hydrogen-bond acceptors (Lipinski definition) is 3. The zero-order valence-electron chi connectivity index (χ0n) is 18.0. The first-order chi connectivity index (χ1) is 14.4. The van der Waals surface area contributed by atoms with Gasteiger partial charge in [0.15, 0.2) is 6.61 Å². The van der Waals surface area contributed by atoms with E-state index in [0.29, 0.717) is 5.92 Å². The van der Waals surface area contributed by atoms with Crippen LogP contribution in [0.2, 0.25) is 0 Å². The molecule has 0 aromatic heterocycles. The summed E-state index contributed by atoms with van der Waals surface area (Å²) in [4.78, 5) is 12.2. The van der Waals surface area contributed by atoms with Crippen molar-refractivity contribution in [2.45, 2.75) is 33.6 Å². The average Bonchev–Trinajstić information content (AvgIpc) is 2.76. The van der Waals surface area contributed by atoms with Gasteiger partial charge in [0.05, 0.1) is 5.71 Å². The summed E-state index contributed by atoms with van der Waals surface area (Å²) >= 11 is 0. The van der Waals surface area contributed by atoms with Gasteiger partial charge in [0.25, 0.3) is 5.91 Å². The van der Waals surface area contributed by atoms with Gasteiger partial charge in [0, 0.05) is 0 Å². The minimum atomic E-state index is -0.286. The average molecular weight is 401 g/mol. The molecule has 0 heterocycles. The number of hydrogen-bond donors (Lipinski definition) is 1. The second-order valence-electron chi connectivity index (χ2n) is 7.66. The summed E-state index contributed by atoms with van der Waals surface area (Å²) in [5.74, 6) is 0.784. The molecule has 1 N–H and O–H groups in total. The van der Waals surface area contributed by atoms with Crippen LogP contribution in [0.15, 0.2) is 77.9 Å². The molecule has 3 aromatic rings. The van der Waals surface area contributed by atoms with Crippen molar-refractivity contribution in [3.05, 3.63) is 89.5 Å². The standard InChI is InChI=1S/C26H28N2O2/c1-18(2)24-15-10-19(3)16-25(24)30-17-26(29)28-27-20(4)21-11-13-23(14-12-21)22-8-6-5-7-9-22/h5-16,18H,17H2,1-4H3,(H,28,29)/b27-20+. The van der Waals surface area contributed by atoms with E-state index in [1.807, 2.05) is 50.2 Å². The van der Waals surface area contributed by atoms with E-state index < -0.39 is 0 Å². The number of nitrogens with zero attached hydrogens (tertiary/aromatic N) is 1. The van der Waals surface area contributed by atoms with E-state index in [4.69, 9.17) is 4.74 Å². The molecule has 0 aliphatic carbocycles. The summed E-state index contributed by atoms with van der Waals surface area (Å²) in [7, 11) is 0. The van der Waals surface area contributed by atoms with E-state index in [1.54, 1.807) is 0 Å². The van der Waals surface area contributed by atoms with Crippen LogP contribution in [0.1, 0.15) is 43.4 Å². The highest BCUT2D eigenvalue weighted by molar-refractivity contribution is 5.99. The summed E-state index contributed by atoms with van der Waals surface area (Å²) in [6, 6.07) is 24.4. The zero-order valence-corrected chi connectivity index (χ0v) is 18.0. The predicted octanol–water partition coefficient (Wildman–Crippen LogP) is 5.70. The van der Waals surface area contributed by atoms with Crippen LogP contribution in [0.3, 0.4) is 0 Å². The summed E-state index contributed by atoms with van der Waals surface area (Å²) in [5.41, 5.74) is 8.78. The maximum absolute atomic E-state index is 12.2. The number of ether oxygens (including phenoxy) is 1. The lowest BCUT2D eigenvalue weighted by Crippen LogP contribution is -2.26.